The van der Waals surface area contributed by atoms with Gasteiger partial charge in [0.15, 0.2) is 0 Å². The molecule has 5 heteroatoms. The summed E-state index contributed by atoms with van der Waals surface area (Å²) in [6, 6.07) is 18.2. The number of amides is 1. The van der Waals surface area contributed by atoms with Crippen LogP contribution in [-0.2, 0) is 11.3 Å². The van der Waals surface area contributed by atoms with Crippen molar-refractivity contribution in [2.45, 2.75) is 26.3 Å². The first-order valence-electron chi connectivity index (χ1n) is 9.06. The van der Waals surface area contributed by atoms with Crippen molar-refractivity contribution in [3.8, 4) is 10.6 Å². The molecule has 0 unspecified atom stereocenters. The number of carbonyl (C=O) groups excluding carboxylic acids is 1. The van der Waals surface area contributed by atoms with Gasteiger partial charge in [0.1, 0.15) is 5.01 Å². The van der Waals surface area contributed by atoms with E-state index in [-0.39, 0.29) is 5.91 Å². The molecule has 0 radical (unpaired) electrons. The standard InChI is InChI=1S/C22H21N3OS/c1-16-6-11-19-20(15-16)27-22(24-19)17-7-9-18(10-8-17)23-21(26)5-4-14-25-12-2-3-13-25/h2-3,6-13,15H,4-5,14H2,1H3,(H,23,26). The fourth-order valence-electron chi connectivity index (χ4n) is 3.02. The van der Waals surface area contributed by atoms with Crippen LogP contribution in [0.4, 0.5) is 5.69 Å². The maximum atomic E-state index is 12.1. The van der Waals surface area contributed by atoms with Crippen molar-refractivity contribution in [1.82, 2.24) is 9.55 Å². The highest BCUT2D eigenvalue weighted by molar-refractivity contribution is 7.21. The summed E-state index contributed by atoms with van der Waals surface area (Å²) < 4.78 is 3.28. The van der Waals surface area contributed by atoms with Gasteiger partial charge < -0.3 is 9.88 Å². The van der Waals surface area contributed by atoms with Gasteiger partial charge in [-0.25, -0.2) is 4.98 Å². The molecule has 0 aliphatic rings. The van der Waals surface area contributed by atoms with E-state index in [1.807, 2.05) is 48.8 Å². The summed E-state index contributed by atoms with van der Waals surface area (Å²) >= 11 is 1.69. The first kappa shape index (κ1) is 17.5. The molecule has 1 amide bonds. The van der Waals surface area contributed by atoms with Gasteiger partial charge in [-0.1, -0.05) is 6.07 Å². The second-order valence-corrected chi connectivity index (χ2v) is 7.67. The van der Waals surface area contributed by atoms with Gasteiger partial charge in [-0.2, -0.15) is 0 Å². The zero-order valence-electron chi connectivity index (χ0n) is 15.2. The second kappa shape index (κ2) is 7.76. The van der Waals surface area contributed by atoms with Crippen LogP contribution in [0, 0.1) is 6.92 Å². The lowest BCUT2D eigenvalue weighted by atomic mass is 10.2. The Morgan fingerprint density at radius 3 is 2.67 bits per heavy atom. The van der Waals surface area contributed by atoms with Crippen LogP contribution in [0.2, 0.25) is 0 Å². The average molecular weight is 375 g/mol. The highest BCUT2D eigenvalue weighted by atomic mass is 32.1. The predicted octanol–water partition coefficient (Wildman–Crippen LogP) is 5.49. The highest BCUT2D eigenvalue weighted by Crippen LogP contribution is 2.31. The summed E-state index contributed by atoms with van der Waals surface area (Å²) in [5, 5.41) is 3.97. The van der Waals surface area contributed by atoms with Crippen molar-refractivity contribution >= 4 is 33.1 Å². The third-order valence-corrected chi connectivity index (χ3v) is 5.51. The number of aryl methyl sites for hydroxylation is 2. The van der Waals surface area contributed by atoms with E-state index in [2.05, 4.69) is 35.0 Å². The number of rotatable bonds is 6. The van der Waals surface area contributed by atoms with Gasteiger partial charge in [-0.3, -0.25) is 4.79 Å². The molecule has 0 atom stereocenters. The largest absolute Gasteiger partial charge is 0.354 e. The normalized spacial score (nSPS) is 11.0. The first-order chi connectivity index (χ1) is 13.2. The molecule has 136 valence electrons. The van der Waals surface area contributed by atoms with Crippen LogP contribution in [0.15, 0.2) is 67.0 Å². The third kappa shape index (κ3) is 4.26. The topological polar surface area (TPSA) is 46.9 Å². The number of aromatic nitrogens is 2. The number of nitrogens with zero attached hydrogens (tertiary/aromatic N) is 2. The minimum atomic E-state index is 0.0466. The Hall–Kier alpha value is -2.92. The van der Waals surface area contributed by atoms with Gasteiger partial charge in [0.05, 0.1) is 10.2 Å². The Labute approximate surface area is 162 Å². The SMILES string of the molecule is Cc1ccc2nc(-c3ccc(NC(=O)CCCn4cccc4)cc3)sc2c1. The molecular formula is C22H21N3OS. The van der Waals surface area contributed by atoms with Crippen molar-refractivity contribution in [3.63, 3.8) is 0 Å². The predicted molar refractivity (Wildman–Crippen MR) is 112 cm³/mol. The van der Waals surface area contributed by atoms with Gasteiger partial charge in [-0.05, 0) is 67.4 Å². The quantitative estimate of drug-likeness (QED) is 0.484. The van der Waals surface area contributed by atoms with E-state index in [4.69, 9.17) is 4.98 Å². The molecule has 2 aromatic heterocycles. The molecule has 1 N–H and O–H groups in total. The van der Waals surface area contributed by atoms with Crippen LogP contribution < -0.4 is 5.32 Å². The summed E-state index contributed by atoms with van der Waals surface area (Å²) in [7, 11) is 0. The molecule has 0 bridgehead atoms. The van der Waals surface area contributed by atoms with Crippen LogP contribution in [0.5, 0.6) is 0 Å². The van der Waals surface area contributed by atoms with Crippen molar-refractivity contribution < 1.29 is 4.79 Å². The van der Waals surface area contributed by atoms with Crippen LogP contribution in [0.3, 0.4) is 0 Å². The summed E-state index contributed by atoms with van der Waals surface area (Å²) in [4.78, 5) is 16.8. The van der Waals surface area contributed by atoms with Gasteiger partial charge >= 0.3 is 0 Å². The van der Waals surface area contributed by atoms with E-state index in [9.17, 15) is 4.79 Å². The van der Waals surface area contributed by atoms with E-state index < -0.39 is 0 Å². The van der Waals surface area contributed by atoms with Crippen molar-refractivity contribution in [2.75, 3.05) is 5.32 Å². The highest BCUT2D eigenvalue weighted by Gasteiger charge is 2.07. The first-order valence-corrected chi connectivity index (χ1v) is 9.87. The van der Waals surface area contributed by atoms with Crippen molar-refractivity contribution in [1.29, 1.82) is 0 Å². The maximum Gasteiger partial charge on any atom is 0.224 e. The van der Waals surface area contributed by atoms with Gasteiger partial charge in [-0.15, -0.1) is 11.3 Å². The summed E-state index contributed by atoms with van der Waals surface area (Å²) in [5.41, 5.74) is 4.16. The van der Waals surface area contributed by atoms with E-state index in [0.717, 1.165) is 34.7 Å². The molecule has 0 fully saturated rings. The van der Waals surface area contributed by atoms with Crippen LogP contribution in [0.25, 0.3) is 20.8 Å². The fraction of sp³-hybridized carbons (Fsp3) is 0.182. The van der Waals surface area contributed by atoms with Crippen LogP contribution >= 0.6 is 11.3 Å². The Balaban J connectivity index is 1.37. The number of hydrogen-bond donors (Lipinski definition) is 1. The molecule has 0 saturated heterocycles. The third-order valence-electron chi connectivity index (χ3n) is 4.45. The van der Waals surface area contributed by atoms with Gasteiger partial charge in [0, 0.05) is 36.6 Å². The second-order valence-electron chi connectivity index (χ2n) is 6.64. The number of nitrogens with one attached hydrogen (secondary N) is 1. The monoisotopic (exact) mass is 375 g/mol. The van der Waals surface area contributed by atoms with Gasteiger partial charge in [0.2, 0.25) is 5.91 Å². The molecule has 0 aliphatic heterocycles. The molecule has 4 rings (SSSR count). The molecular weight excluding hydrogens is 354 g/mol. The Kier molecular flexibility index (Phi) is 5.03. The van der Waals surface area contributed by atoms with Crippen molar-refractivity contribution in [2.24, 2.45) is 0 Å². The van der Waals surface area contributed by atoms with E-state index in [1.165, 1.54) is 10.3 Å². The van der Waals surface area contributed by atoms with E-state index in [0.29, 0.717) is 6.42 Å². The molecule has 2 heterocycles. The van der Waals surface area contributed by atoms with Crippen LogP contribution in [-0.4, -0.2) is 15.5 Å². The summed E-state index contributed by atoms with van der Waals surface area (Å²) in [5.74, 6) is 0.0466. The number of fused-ring (bicyclic) bond motifs is 1. The van der Waals surface area contributed by atoms with E-state index in [1.54, 1.807) is 11.3 Å². The number of carbonyl (C=O) groups is 1. The average Bonchev–Trinajstić information content (AvgIpc) is 3.31. The van der Waals surface area contributed by atoms with Crippen LogP contribution in [0.1, 0.15) is 18.4 Å². The molecule has 0 saturated carbocycles. The lowest BCUT2D eigenvalue weighted by molar-refractivity contribution is -0.116. The minimum absolute atomic E-state index is 0.0466. The number of benzene rings is 2. The zero-order chi connectivity index (χ0) is 18.6. The van der Waals surface area contributed by atoms with Crippen molar-refractivity contribution in [3.05, 3.63) is 72.6 Å². The minimum Gasteiger partial charge on any atom is -0.354 e. The molecule has 27 heavy (non-hydrogen) atoms. The molecule has 4 nitrogen and oxygen atoms in total. The smallest absolute Gasteiger partial charge is 0.224 e. The Bertz CT molecular complexity index is 1050. The lowest BCUT2D eigenvalue weighted by Gasteiger charge is -2.06. The lowest BCUT2D eigenvalue weighted by Crippen LogP contribution is -2.12. The molecule has 2 aromatic carbocycles. The van der Waals surface area contributed by atoms with Gasteiger partial charge in [0.25, 0.3) is 0 Å². The molecule has 4 aromatic rings. The number of hydrogen-bond acceptors (Lipinski definition) is 3. The summed E-state index contributed by atoms with van der Waals surface area (Å²) in [6.45, 7) is 2.95. The fourth-order valence-corrected chi connectivity index (χ4v) is 4.09. The maximum absolute atomic E-state index is 12.1. The zero-order valence-corrected chi connectivity index (χ0v) is 16.0. The molecule has 0 aliphatic carbocycles. The number of thiazole rings is 1. The Morgan fingerprint density at radius 1 is 1.11 bits per heavy atom. The van der Waals surface area contributed by atoms with E-state index >= 15 is 0 Å². The molecule has 0 spiro atoms. The Morgan fingerprint density at radius 2 is 1.89 bits per heavy atom. The summed E-state index contributed by atoms with van der Waals surface area (Å²) in [6.07, 6.45) is 5.36. The number of anilines is 1.